The summed E-state index contributed by atoms with van der Waals surface area (Å²) < 4.78 is 0.829. The van der Waals surface area contributed by atoms with Crippen LogP contribution >= 0.6 is 22.6 Å². The third-order valence-corrected chi connectivity index (χ3v) is 2.58. The SMILES string of the molecule is Cc1cc([N+](=O)[O-])ccc1C(=O)NCCI. The molecular formula is C10H11IN2O3. The fourth-order valence-corrected chi connectivity index (χ4v) is 1.54. The molecule has 0 bridgehead atoms. The Bertz CT molecular complexity index is 421. The summed E-state index contributed by atoms with van der Waals surface area (Å²) in [5.74, 6) is -0.191. The van der Waals surface area contributed by atoms with Gasteiger partial charge in [-0.25, -0.2) is 0 Å². The lowest BCUT2D eigenvalue weighted by Gasteiger charge is -2.05. The van der Waals surface area contributed by atoms with Crippen LogP contribution in [0.3, 0.4) is 0 Å². The van der Waals surface area contributed by atoms with E-state index >= 15 is 0 Å². The van der Waals surface area contributed by atoms with Crippen LogP contribution in [0.1, 0.15) is 15.9 Å². The molecule has 0 heterocycles. The first kappa shape index (κ1) is 12.9. The molecule has 0 aliphatic rings. The molecule has 0 aliphatic carbocycles. The summed E-state index contributed by atoms with van der Waals surface area (Å²) in [5.41, 5.74) is 1.10. The maximum atomic E-state index is 11.6. The lowest BCUT2D eigenvalue weighted by atomic mass is 10.1. The number of nitro groups is 1. The zero-order valence-corrected chi connectivity index (χ0v) is 10.9. The van der Waals surface area contributed by atoms with E-state index in [1.54, 1.807) is 6.92 Å². The molecule has 1 amide bonds. The lowest BCUT2D eigenvalue weighted by Crippen LogP contribution is -2.25. The van der Waals surface area contributed by atoms with Gasteiger partial charge in [-0.3, -0.25) is 14.9 Å². The highest BCUT2D eigenvalue weighted by molar-refractivity contribution is 14.1. The van der Waals surface area contributed by atoms with Gasteiger partial charge < -0.3 is 5.32 Å². The molecule has 0 aliphatic heterocycles. The van der Waals surface area contributed by atoms with Crippen LogP contribution in [0.4, 0.5) is 5.69 Å². The molecule has 86 valence electrons. The van der Waals surface area contributed by atoms with Crippen LogP contribution < -0.4 is 5.32 Å². The van der Waals surface area contributed by atoms with Crippen LogP contribution in [0.5, 0.6) is 0 Å². The number of hydrogen-bond donors (Lipinski definition) is 1. The Labute approximate surface area is 107 Å². The Morgan fingerprint density at radius 2 is 2.25 bits per heavy atom. The number of aryl methyl sites for hydroxylation is 1. The van der Waals surface area contributed by atoms with Gasteiger partial charge in [0, 0.05) is 28.7 Å². The smallest absolute Gasteiger partial charge is 0.269 e. The average Bonchev–Trinajstić information content (AvgIpc) is 2.25. The minimum atomic E-state index is -0.473. The highest BCUT2D eigenvalue weighted by Gasteiger charge is 2.12. The molecule has 0 saturated carbocycles. The van der Waals surface area contributed by atoms with Crippen LogP contribution in [0.25, 0.3) is 0 Å². The van der Waals surface area contributed by atoms with E-state index in [1.807, 2.05) is 0 Å². The van der Waals surface area contributed by atoms with E-state index in [0.717, 1.165) is 4.43 Å². The molecule has 0 aromatic heterocycles. The van der Waals surface area contributed by atoms with Crippen molar-refractivity contribution < 1.29 is 9.72 Å². The van der Waals surface area contributed by atoms with E-state index < -0.39 is 4.92 Å². The quantitative estimate of drug-likeness (QED) is 0.397. The van der Waals surface area contributed by atoms with Gasteiger partial charge in [0.2, 0.25) is 0 Å². The summed E-state index contributed by atoms with van der Waals surface area (Å²) in [4.78, 5) is 21.7. The molecule has 0 unspecified atom stereocenters. The number of nitrogens with one attached hydrogen (secondary N) is 1. The Hall–Kier alpha value is -1.18. The Morgan fingerprint density at radius 3 is 2.75 bits per heavy atom. The molecular weight excluding hydrogens is 323 g/mol. The van der Waals surface area contributed by atoms with Gasteiger partial charge in [0.1, 0.15) is 0 Å². The molecule has 0 atom stereocenters. The van der Waals surface area contributed by atoms with Crippen LogP contribution in [0, 0.1) is 17.0 Å². The summed E-state index contributed by atoms with van der Waals surface area (Å²) in [6.45, 7) is 2.28. The molecule has 0 saturated heterocycles. The predicted molar refractivity (Wildman–Crippen MR) is 69.1 cm³/mol. The van der Waals surface area contributed by atoms with Crippen molar-refractivity contribution in [3.05, 3.63) is 39.4 Å². The van der Waals surface area contributed by atoms with Gasteiger partial charge >= 0.3 is 0 Å². The maximum absolute atomic E-state index is 11.6. The van der Waals surface area contributed by atoms with E-state index in [2.05, 4.69) is 27.9 Å². The minimum Gasteiger partial charge on any atom is -0.351 e. The lowest BCUT2D eigenvalue weighted by molar-refractivity contribution is -0.384. The molecule has 5 nitrogen and oxygen atoms in total. The van der Waals surface area contributed by atoms with Crippen LogP contribution in [-0.4, -0.2) is 21.8 Å². The zero-order chi connectivity index (χ0) is 12.1. The number of amides is 1. The van der Waals surface area contributed by atoms with Gasteiger partial charge in [0.25, 0.3) is 11.6 Å². The number of hydrogen-bond acceptors (Lipinski definition) is 3. The van der Waals surface area contributed by atoms with Gasteiger partial charge in [-0.2, -0.15) is 0 Å². The fraction of sp³-hybridized carbons (Fsp3) is 0.300. The molecule has 1 aromatic rings. The molecule has 6 heteroatoms. The highest BCUT2D eigenvalue weighted by Crippen LogP contribution is 2.16. The van der Waals surface area contributed by atoms with E-state index in [0.29, 0.717) is 17.7 Å². The summed E-state index contributed by atoms with van der Waals surface area (Å²) in [5, 5.41) is 13.2. The number of alkyl halides is 1. The van der Waals surface area contributed by atoms with Gasteiger partial charge in [0.15, 0.2) is 0 Å². The monoisotopic (exact) mass is 334 g/mol. The Kier molecular flexibility index (Phi) is 4.66. The van der Waals surface area contributed by atoms with E-state index in [9.17, 15) is 14.9 Å². The van der Waals surface area contributed by atoms with Crippen molar-refractivity contribution in [3.8, 4) is 0 Å². The van der Waals surface area contributed by atoms with Crippen LogP contribution in [-0.2, 0) is 0 Å². The minimum absolute atomic E-state index is 0.00272. The predicted octanol–water partition coefficient (Wildman–Crippen LogP) is 2.07. The maximum Gasteiger partial charge on any atom is 0.269 e. The van der Waals surface area contributed by atoms with Crippen molar-refractivity contribution in [2.75, 3.05) is 11.0 Å². The van der Waals surface area contributed by atoms with Gasteiger partial charge in [-0.1, -0.05) is 22.6 Å². The number of carbonyl (C=O) groups excluding carboxylic acids is 1. The summed E-state index contributed by atoms with van der Waals surface area (Å²) in [6.07, 6.45) is 0. The molecule has 0 spiro atoms. The van der Waals surface area contributed by atoms with E-state index in [1.165, 1.54) is 18.2 Å². The van der Waals surface area contributed by atoms with Crippen molar-refractivity contribution >= 4 is 34.2 Å². The summed E-state index contributed by atoms with van der Waals surface area (Å²) in [7, 11) is 0. The number of nitrogens with zero attached hydrogens (tertiary/aromatic N) is 1. The van der Waals surface area contributed by atoms with Crippen molar-refractivity contribution in [1.82, 2.24) is 5.32 Å². The summed E-state index contributed by atoms with van der Waals surface area (Å²) in [6, 6.07) is 4.22. The van der Waals surface area contributed by atoms with Gasteiger partial charge in [0.05, 0.1) is 4.92 Å². The molecule has 0 radical (unpaired) electrons. The number of non-ortho nitro benzene ring substituents is 1. The second kappa shape index (κ2) is 5.78. The van der Waals surface area contributed by atoms with E-state index in [4.69, 9.17) is 0 Å². The van der Waals surface area contributed by atoms with Crippen LogP contribution in [0.15, 0.2) is 18.2 Å². The van der Waals surface area contributed by atoms with Crippen molar-refractivity contribution in [2.45, 2.75) is 6.92 Å². The molecule has 16 heavy (non-hydrogen) atoms. The molecule has 1 rings (SSSR count). The summed E-state index contributed by atoms with van der Waals surface area (Å²) >= 11 is 2.16. The number of halogens is 1. The highest BCUT2D eigenvalue weighted by atomic mass is 127. The van der Waals surface area contributed by atoms with Crippen molar-refractivity contribution in [2.24, 2.45) is 0 Å². The van der Waals surface area contributed by atoms with Gasteiger partial charge in [-0.05, 0) is 18.6 Å². The standard InChI is InChI=1S/C10H11IN2O3/c1-7-6-8(13(15)16)2-3-9(7)10(14)12-5-4-11/h2-3,6H,4-5H2,1H3,(H,12,14). The van der Waals surface area contributed by atoms with Crippen molar-refractivity contribution in [1.29, 1.82) is 0 Å². The fourth-order valence-electron chi connectivity index (χ4n) is 1.27. The first-order valence-corrected chi connectivity index (χ1v) is 6.18. The molecule has 1 aromatic carbocycles. The number of benzene rings is 1. The number of nitro benzene ring substituents is 1. The molecule has 0 fully saturated rings. The average molecular weight is 334 g/mol. The molecule has 1 N–H and O–H groups in total. The van der Waals surface area contributed by atoms with Crippen molar-refractivity contribution in [3.63, 3.8) is 0 Å². The van der Waals surface area contributed by atoms with Crippen LogP contribution in [0.2, 0.25) is 0 Å². The van der Waals surface area contributed by atoms with Gasteiger partial charge in [-0.15, -0.1) is 0 Å². The first-order valence-electron chi connectivity index (χ1n) is 4.65. The zero-order valence-electron chi connectivity index (χ0n) is 8.70. The second-order valence-corrected chi connectivity index (χ2v) is 4.28. The normalized spacial score (nSPS) is 9.88. The largest absolute Gasteiger partial charge is 0.351 e. The number of carbonyl (C=O) groups is 1. The second-order valence-electron chi connectivity index (χ2n) is 3.20. The third kappa shape index (κ3) is 3.16. The third-order valence-electron chi connectivity index (χ3n) is 2.05. The number of rotatable bonds is 4. The topological polar surface area (TPSA) is 72.2 Å². The first-order chi connectivity index (χ1) is 7.56. The Morgan fingerprint density at radius 1 is 1.56 bits per heavy atom. The Balaban J connectivity index is 2.90. The van der Waals surface area contributed by atoms with E-state index in [-0.39, 0.29) is 11.6 Å².